The van der Waals surface area contributed by atoms with Gasteiger partial charge in [-0.15, -0.1) is 22.7 Å². The lowest BCUT2D eigenvalue weighted by molar-refractivity contribution is -0.119. The molecule has 11 heteroatoms. The van der Waals surface area contributed by atoms with Crippen molar-refractivity contribution >= 4 is 55.3 Å². The van der Waals surface area contributed by atoms with Crippen LogP contribution < -0.4 is 5.32 Å². The average Bonchev–Trinajstić information content (AvgIpc) is 3.39. The Labute approximate surface area is 177 Å². The first kappa shape index (κ1) is 20.2. The number of hydrogen-bond acceptors (Lipinski definition) is 7. The van der Waals surface area contributed by atoms with Crippen LogP contribution in [-0.2, 0) is 27.8 Å². The summed E-state index contributed by atoms with van der Waals surface area (Å²) in [5.74, 6) is -0.317. The van der Waals surface area contributed by atoms with Crippen molar-refractivity contribution in [1.82, 2.24) is 14.2 Å². The smallest absolute Gasteiger partial charge is 0.253 e. The number of carbonyl (C=O) groups is 1. The number of halogens is 1. The number of sulfonamides is 1. The first-order valence-corrected chi connectivity index (χ1v) is 12.6. The minimum absolute atomic E-state index is 0.168. The molecule has 4 heterocycles. The van der Waals surface area contributed by atoms with E-state index in [1.54, 1.807) is 6.07 Å². The molecule has 0 saturated carbocycles. The van der Waals surface area contributed by atoms with Crippen molar-refractivity contribution in [3.63, 3.8) is 0 Å². The van der Waals surface area contributed by atoms with Crippen LogP contribution in [0.1, 0.15) is 30.3 Å². The topological polar surface area (TPSA) is 82.6 Å². The summed E-state index contributed by atoms with van der Waals surface area (Å²) in [5, 5.41) is 3.41. The van der Waals surface area contributed by atoms with Gasteiger partial charge in [-0.2, -0.15) is 4.31 Å². The molecule has 1 fully saturated rings. The molecule has 2 aliphatic heterocycles. The first-order valence-electron chi connectivity index (χ1n) is 9.17. The highest BCUT2D eigenvalue weighted by Crippen LogP contribution is 2.33. The van der Waals surface area contributed by atoms with Gasteiger partial charge in [0.25, 0.3) is 10.0 Å². The monoisotopic (exact) mass is 460 g/mol. The van der Waals surface area contributed by atoms with Gasteiger partial charge >= 0.3 is 0 Å². The Hall–Kier alpha value is -1.04. The van der Waals surface area contributed by atoms with Crippen LogP contribution in [-0.4, -0.2) is 54.2 Å². The number of thiophene rings is 1. The summed E-state index contributed by atoms with van der Waals surface area (Å²) in [6.07, 6.45) is 2.02. The Bertz CT molecular complexity index is 988. The molecule has 1 saturated heterocycles. The fourth-order valence-electron chi connectivity index (χ4n) is 3.60. The quantitative estimate of drug-likeness (QED) is 0.741. The molecule has 4 rings (SSSR count). The van der Waals surface area contributed by atoms with E-state index in [-0.39, 0.29) is 10.1 Å². The Morgan fingerprint density at radius 2 is 2.18 bits per heavy atom. The van der Waals surface area contributed by atoms with E-state index >= 15 is 0 Å². The molecule has 7 nitrogen and oxygen atoms in total. The molecular weight excluding hydrogens is 440 g/mol. The SMILES string of the molecule is CCN1CCc2nc(NC(=O)C3CCCN3S(=O)(=O)c3ccc(Cl)s3)sc2C1. The molecule has 1 N–H and O–H groups in total. The molecule has 1 amide bonds. The molecule has 0 aliphatic carbocycles. The molecule has 0 bridgehead atoms. The third-order valence-electron chi connectivity index (χ3n) is 5.11. The molecule has 0 aromatic carbocycles. The van der Waals surface area contributed by atoms with Crippen molar-refractivity contribution in [3.8, 4) is 0 Å². The number of thiazole rings is 1. The number of hydrogen-bond donors (Lipinski definition) is 1. The van der Waals surface area contributed by atoms with Crippen LogP contribution in [0, 0.1) is 0 Å². The zero-order chi connectivity index (χ0) is 19.9. The van der Waals surface area contributed by atoms with Crippen molar-refractivity contribution in [2.75, 3.05) is 25.0 Å². The highest BCUT2D eigenvalue weighted by Gasteiger charge is 2.40. The van der Waals surface area contributed by atoms with Crippen LogP contribution in [0.15, 0.2) is 16.3 Å². The predicted molar refractivity (Wildman–Crippen MR) is 112 cm³/mol. The van der Waals surface area contributed by atoms with Crippen molar-refractivity contribution in [3.05, 3.63) is 27.0 Å². The van der Waals surface area contributed by atoms with E-state index in [1.807, 2.05) is 0 Å². The maximum Gasteiger partial charge on any atom is 0.253 e. The van der Waals surface area contributed by atoms with E-state index in [0.717, 1.165) is 43.1 Å². The maximum atomic E-state index is 12.9. The average molecular weight is 461 g/mol. The number of amides is 1. The fourth-order valence-corrected chi connectivity index (χ4v) is 7.92. The van der Waals surface area contributed by atoms with E-state index in [0.29, 0.717) is 28.9 Å². The van der Waals surface area contributed by atoms with Crippen molar-refractivity contribution in [1.29, 1.82) is 0 Å². The van der Waals surface area contributed by atoms with Gasteiger partial charge < -0.3 is 5.32 Å². The zero-order valence-corrected chi connectivity index (χ0v) is 18.6. The summed E-state index contributed by atoms with van der Waals surface area (Å²) < 4.78 is 27.7. The lowest BCUT2D eigenvalue weighted by Gasteiger charge is -2.23. The summed E-state index contributed by atoms with van der Waals surface area (Å²) in [4.78, 5) is 20.9. The van der Waals surface area contributed by atoms with Gasteiger partial charge in [-0.25, -0.2) is 13.4 Å². The molecule has 1 atom stereocenters. The van der Waals surface area contributed by atoms with Crippen LogP contribution >= 0.6 is 34.3 Å². The zero-order valence-electron chi connectivity index (χ0n) is 15.4. The number of nitrogens with zero attached hydrogens (tertiary/aromatic N) is 3. The van der Waals surface area contributed by atoms with Crippen LogP contribution in [0.2, 0.25) is 4.34 Å². The standard InChI is InChI=1S/C17H21ClN4O3S3/c1-2-21-9-7-11-13(10-21)26-17(19-11)20-16(23)12-4-3-8-22(12)28(24,25)15-6-5-14(18)27-15/h5-6,12H,2-4,7-10H2,1H3,(H,19,20,23). The van der Waals surface area contributed by atoms with Gasteiger partial charge in [0.15, 0.2) is 5.13 Å². The summed E-state index contributed by atoms with van der Waals surface area (Å²) in [7, 11) is -3.73. The Balaban J connectivity index is 1.50. The van der Waals surface area contributed by atoms with E-state index in [2.05, 4.69) is 22.1 Å². The lowest BCUT2D eigenvalue weighted by Crippen LogP contribution is -2.42. The van der Waals surface area contributed by atoms with Crippen molar-refractivity contribution < 1.29 is 13.2 Å². The van der Waals surface area contributed by atoms with Gasteiger partial charge in [0.05, 0.1) is 10.0 Å². The van der Waals surface area contributed by atoms with Crippen LogP contribution in [0.4, 0.5) is 5.13 Å². The second-order valence-corrected chi connectivity index (χ2v) is 11.7. The third-order valence-corrected chi connectivity index (χ3v) is 9.71. The van der Waals surface area contributed by atoms with Crippen LogP contribution in [0.25, 0.3) is 0 Å². The summed E-state index contributed by atoms with van der Waals surface area (Å²) in [5.41, 5.74) is 1.04. The second kappa shape index (κ2) is 8.00. The normalized spacial score (nSPS) is 21.0. The number of anilines is 1. The lowest BCUT2D eigenvalue weighted by atomic mass is 10.2. The number of aromatic nitrogens is 1. The molecule has 152 valence electrons. The summed E-state index contributed by atoms with van der Waals surface area (Å²) in [6.45, 7) is 5.27. The number of fused-ring (bicyclic) bond motifs is 1. The van der Waals surface area contributed by atoms with Gasteiger partial charge in [0.2, 0.25) is 5.91 Å². The van der Waals surface area contributed by atoms with Crippen LogP contribution in [0.3, 0.4) is 0 Å². The van der Waals surface area contributed by atoms with E-state index in [9.17, 15) is 13.2 Å². The molecule has 0 spiro atoms. The molecule has 2 aromatic rings. The first-order chi connectivity index (χ1) is 13.4. The Kier molecular flexibility index (Phi) is 5.78. The Morgan fingerprint density at radius 1 is 1.36 bits per heavy atom. The minimum atomic E-state index is -3.73. The third kappa shape index (κ3) is 3.86. The van der Waals surface area contributed by atoms with Gasteiger partial charge in [0.1, 0.15) is 10.3 Å². The van der Waals surface area contributed by atoms with Crippen molar-refractivity contribution in [2.24, 2.45) is 0 Å². The Morgan fingerprint density at radius 3 is 2.89 bits per heavy atom. The predicted octanol–water partition coefficient (Wildman–Crippen LogP) is 3.03. The highest BCUT2D eigenvalue weighted by molar-refractivity contribution is 7.91. The molecule has 2 aromatic heterocycles. The van der Waals surface area contributed by atoms with Crippen molar-refractivity contribution in [2.45, 2.75) is 43.0 Å². The molecule has 2 aliphatic rings. The molecule has 1 unspecified atom stereocenters. The largest absolute Gasteiger partial charge is 0.301 e. The minimum Gasteiger partial charge on any atom is -0.301 e. The number of nitrogens with one attached hydrogen (secondary N) is 1. The maximum absolute atomic E-state index is 12.9. The van der Waals surface area contributed by atoms with Gasteiger partial charge in [0, 0.05) is 30.9 Å². The number of likely N-dealkylation sites (N-methyl/N-ethyl adjacent to an activating group) is 1. The number of rotatable bonds is 5. The van der Waals surface area contributed by atoms with E-state index in [1.165, 1.54) is 26.6 Å². The van der Waals surface area contributed by atoms with Gasteiger partial charge in [-0.1, -0.05) is 18.5 Å². The fraction of sp³-hybridized carbons (Fsp3) is 0.529. The molecule has 0 radical (unpaired) electrons. The van der Waals surface area contributed by atoms with E-state index in [4.69, 9.17) is 11.6 Å². The highest BCUT2D eigenvalue weighted by atomic mass is 35.5. The van der Waals surface area contributed by atoms with Crippen LogP contribution in [0.5, 0.6) is 0 Å². The summed E-state index contributed by atoms with van der Waals surface area (Å²) in [6, 6.07) is 2.33. The second-order valence-electron chi connectivity index (χ2n) is 6.83. The van der Waals surface area contributed by atoms with Gasteiger partial charge in [-0.3, -0.25) is 9.69 Å². The van der Waals surface area contributed by atoms with E-state index < -0.39 is 16.1 Å². The number of carbonyl (C=O) groups excluding carboxylic acids is 1. The summed E-state index contributed by atoms with van der Waals surface area (Å²) >= 11 is 8.39. The molecular formula is C17H21ClN4O3S3. The van der Waals surface area contributed by atoms with Gasteiger partial charge in [-0.05, 0) is 31.5 Å². The molecule has 28 heavy (non-hydrogen) atoms.